The molecule has 0 aliphatic rings. The normalized spacial score (nSPS) is 10.7. The number of nitro benzene ring substituents is 1. The first-order chi connectivity index (χ1) is 13.4. The van der Waals surface area contributed by atoms with E-state index in [1.54, 1.807) is 61.0 Å². The molecule has 0 aliphatic heterocycles. The van der Waals surface area contributed by atoms with Gasteiger partial charge >= 0.3 is 5.97 Å². The molecular weight excluding hydrogens is 382 g/mol. The number of ether oxygens (including phenoxy) is 1. The van der Waals surface area contributed by atoms with Crippen molar-refractivity contribution in [2.45, 2.75) is 20.3 Å². The molecule has 1 heterocycles. The van der Waals surface area contributed by atoms with Crippen LogP contribution in [0.4, 0.5) is 5.69 Å². The molecule has 0 saturated carbocycles. The number of carbonyl (C=O) groups is 1. The highest BCUT2D eigenvalue weighted by molar-refractivity contribution is 6.30. The van der Waals surface area contributed by atoms with Crippen molar-refractivity contribution in [3.8, 4) is 5.69 Å². The van der Waals surface area contributed by atoms with Gasteiger partial charge in [0.25, 0.3) is 5.69 Å². The Morgan fingerprint density at radius 1 is 1.25 bits per heavy atom. The number of nitro groups is 1. The van der Waals surface area contributed by atoms with Crippen LogP contribution < -0.4 is 0 Å². The van der Waals surface area contributed by atoms with E-state index >= 15 is 0 Å². The molecule has 0 spiro atoms. The lowest BCUT2D eigenvalue weighted by Crippen LogP contribution is -2.11. The van der Waals surface area contributed by atoms with Gasteiger partial charge < -0.3 is 4.74 Å². The van der Waals surface area contributed by atoms with Crippen molar-refractivity contribution in [3.05, 3.63) is 86.2 Å². The maximum Gasteiger partial charge on any atom is 0.341 e. The van der Waals surface area contributed by atoms with Gasteiger partial charge in [-0.25, -0.2) is 9.48 Å². The Morgan fingerprint density at radius 3 is 2.68 bits per heavy atom. The molecule has 2 aromatic carbocycles. The molecule has 0 radical (unpaired) electrons. The minimum atomic E-state index is -0.512. The number of nitrogens with zero attached hydrogens (tertiary/aromatic N) is 3. The second-order valence-electron chi connectivity index (χ2n) is 6.08. The summed E-state index contributed by atoms with van der Waals surface area (Å²) in [7, 11) is 0. The van der Waals surface area contributed by atoms with E-state index in [0.717, 1.165) is 0 Å². The Morgan fingerprint density at radius 2 is 2.00 bits per heavy atom. The Kier molecular flexibility index (Phi) is 5.75. The summed E-state index contributed by atoms with van der Waals surface area (Å²) in [5.41, 5.74) is 2.40. The van der Waals surface area contributed by atoms with Crippen LogP contribution in [0.15, 0.2) is 48.5 Å². The second kappa shape index (κ2) is 8.22. The zero-order chi connectivity index (χ0) is 20.3. The van der Waals surface area contributed by atoms with Gasteiger partial charge in [-0.15, -0.1) is 0 Å². The number of aromatic nitrogens is 2. The lowest BCUT2D eigenvalue weighted by atomic mass is 10.0. The van der Waals surface area contributed by atoms with Crippen LogP contribution in [0.25, 0.3) is 5.69 Å². The molecule has 0 amide bonds. The summed E-state index contributed by atoms with van der Waals surface area (Å²) in [6.45, 7) is 3.64. The van der Waals surface area contributed by atoms with E-state index in [2.05, 4.69) is 5.10 Å². The van der Waals surface area contributed by atoms with Crippen molar-refractivity contribution >= 4 is 23.3 Å². The molecular formula is C20H18ClN3O4. The SMILES string of the molecule is CCOC(=O)c1c(C)nn(-c2cccc(Cl)c2)c1Cc1ccccc1[N+](=O)[O-]. The summed E-state index contributed by atoms with van der Waals surface area (Å²) < 4.78 is 6.77. The summed E-state index contributed by atoms with van der Waals surface area (Å²) in [5, 5.41) is 16.4. The van der Waals surface area contributed by atoms with Crippen LogP contribution >= 0.6 is 11.6 Å². The van der Waals surface area contributed by atoms with Crippen molar-refractivity contribution in [1.29, 1.82) is 0 Å². The van der Waals surface area contributed by atoms with Gasteiger partial charge in [-0.05, 0) is 32.0 Å². The van der Waals surface area contributed by atoms with Gasteiger partial charge in [-0.1, -0.05) is 35.9 Å². The monoisotopic (exact) mass is 399 g/mol. The van der Waals surface area contributed by atoms with Gasteiger partial charge in [-0.2, -0.15) is 5.10 Å². The number of esters is 1. The minimum Gasteiger partial charge on any atom is -0.462 e. The maximum absolute atomic E-state index is 12.6. The summed E-state index contributed by atoms with van der Waals surface area (Å²) >= 11 is 6.11. The Balaban J connectivity index is 2.19. The molecule has 0 aliphatic carbocycles. The molecule has 0 fully saturated rings. The Labute approximate surface area is 166 Å². The lowest BCUT2D eigenvalue weighted by Gasteiger charge is -2.10. The molecule has 28 heavy (non-hydrogen) atoms. The second-order valence-corrected chi connectivity index (χ2v) is 6.52. The van der Waals surface area contributed by atoms with Crippen molar-refractivity contribution in [2.24, 2.45) is 0 Å². The van der Waals surface area contributed by atoms with E-state index < -0.39 is 10.9 Å². The summed E-state index contributed by atoms with van der Waals surface area (Å²) in [6, 6.07) is 13.4. The standard InChI is InChI=1S/C20H18ClN3O4/c1-3-28-20(25)19-13(2)22-23(16-9-6-8-15(21)12-16)18(19)11-14-7-4-5-10-17(14)24(26)27/h4-10,12H,3,11H2,1-2H3. The van der Waals surface area contributed by atoms with Crippen LogP contribution in [0.2, 0.25) is 5.02 Å². The average Bonchev–Trinajstić information content (AvgIpc) is 2.98. The van der Waals surface area contributed by atoms with E-state index in [4.69, 9.17) is 16.3 Å². The molecule has 3 aromatic rings. The Bertz CT molecular complexity index is 1050. The number of hydrogen-bond acceptors (Lipinski definition) is 5. The zero-order valence-corrected chi connectivity index (χ0v) is 16.1. The van der Waals surface area contributed by atoms with E-state index in [-0.39, 0.29) is 18.7 Å². The minimum absolute atomic E-state index is 0.0196. The van der Waals surface area contributed by atoms with Crippen molar-refractivity contribution in [1.82, 2.24) is 9.78 Å². The largest absolute Gasteiger partial charge is 0.462 e. The predicted octanol–water partition coefficient (Wildman–Crippen LogP) is 4.51. The van der Waals surface area contributed by atoms with Crippen LogP contribution in [-0.4, -0.2) is 27.3 Å². The topological polar surface area (TPSA) is 87.3 Å². The maximum atomic E-state index is 12.6. The third-order valence-corrected chi connectivity index (χ3v) is 4.47. The molecule has 0 unspecified atom stereocenters. The number of benzene rings is 2. The number of halogens is 1. The fraction of sp³-hybridized carbons (Fsp3) is 0.200. The van der Waals surface area contributed by atoms with Crippen LogP contribution in [0.5, 0.6) is 0 Å². The smallest absolute Gasteiger partial charge is 0.341 e. The van der Waals surface area contributed by atoms with Crippen LogP contribution in [0, 0.1) is 17.0 Å². The van der Waals surface area contributed by atoms with Crippen LogP contribution in [-0.2, 0) is 11.2 Å². The summed E-state index contributed by atoms with van der Waals surface area (Å²) in [5.74, 6) is -0.512. The lowest BCUT2D eigenvalue weighted by molar-refractivity contribution is -0.385. The molecule has 0 saturated heterocycles. The van der Waals surface area contributed by atoms with Crippen molar-refractivity contribution in [2.75, 3.05) is 6.61 Å². The van der Waals surface area contributed by atoms with Gasteiger partial charge in [0.05, 0.1) is 28.6 Å². The zero-order valence-electron chi connectivity index (χ0n) is 15.4. The number of hydrogen-bond donors (Lipinski definition) is 0. The highest BCUT2D eigenvalue weighted by Gasteiger charge is 2.25. The first-order valence-electron chi connectivity index (χ1n) is 8.66. The first-order valence-corrected chi connectivity index (χ1v) is 9.04. The fourth-order valence-corrected chi connectivity index (χ4v) is 3.23. The van der Waals surface area contributed by atoms with Gasteiger partial charge in [0.2, 0.25) is 0 Å². The number of para-hydroxylation sites is 1. The van der Waals surface area contributed by atoms with Crippen LogP contribution in [0.3, 0.4) is 0 Å². The van der Waals surface area contributed by atoms with Crippen molar-refractivity contribution < 1.29 is 14.5 Å². The third-order valence-electron chi connectivity index (χ3n) is 4.23. The van der Waals surface area contributed by atoms with Crippen LogP contribution in [0.1, 0.15) is 34.2 Å². The van der Waals surface area contributed by atoms with Gasteiger partial charge in [-0.3, -0.25) is 10.1 Å². The van der Waals surface area contributed by atoms with Gasteiger partial charge in [0.1, 0.15) is 5.56 Å². The van der Waals surface area contributed by atoms with E-state index in [1.807, 2.05) is 0 Å². The summed E-state index contributed by atoms with van der Waals surface area (Å²) in [6.07, 6.45) is 0.138. The highest BCUT2D eigenvalue weighted by Crippen LogP contribution is 2.27. The number of aryl methyl sites for hydroxylation is 1. The van der Waals surface area contributed by atoms with E-state index in [0.29, 0.717) is 33.2 Å². The average molecular weight is 400 g/mol. The van der Waals surface area contributed by atoms with Crippen molar-refractivity contribution in [3.63, 3.8) is 0 Å². The van der Waals surface area contributed by atoms with Gasteiger partial charge in [0, 0.05) is 23.1 Å². The predicted molar refractivity (Wildman–Crippen MR) is 105 cm³/mol. The van der Waals surface area contributed by atoms with E-state index in [1.165, 1.54) is 6.07 Å². The first kappa shape index (κ1) is 19.6. The highest BCUT2D eigenvalue weighted by atomic mass is 35.5. The molecule has 0 N–H and O–H groups in total. The quantitative estimate of drug-likeness (QED) is 0.345. The molecule has 8 heteroatoms. The van der Waals surface area contributed by atoms with Gasteiger partial charge in [0.15, 0.2) is 0 Å². The number of rotatable bonds is 6. The molecule has 3 rings (SSSR count). The fourth-order valence-electron chi connectivity index (χ4n) is 3.05. The molecule has 7 nitrogen and oxygen atoms in total. The molecule has 0 atom stereocenters. The third kappa shape index (κ3) is 3.89. The molecule has 0 bridgehead atoms. The molecule has 144 valence electrons. The number of carbonyl (C=O) groups excluding carboxylic acids is 1. The summed E-state index contributed by atoms with van der Waals surface area (Å²) in [4.78, 5) is 23.5. The Hall–Kier alpha value is -3.19. The van der Waals surface area contributed by atoms with E-state index in [9.17, 15) is 14.9 Å². The molecule has 1 aromatic heterocycles.